The van der Waals surface area contributed by atoms with E-state index in [1.165, 1.54) is 4.90 Å². The van der Waals surface area contributed by atoms with Gasteiger partial charge in [0.25, 0.3) is 0 Å². The van der Waals surface area contributed by atoms with E-state index in [4.69, 9.17) is 9.84 Å². The second-order valence-corrected chi connectivity index (χ2v) is 4.09. The summed E-state index contributed by atoms with van der Waals surface area (Å²) in [5, 5.41) is 8.77. The quantitative estimate of drug-likeness (QED) is 0.530. The summed E-state index contributed by atoms with van der Waals surface area (Å²) in [4.78, 5) is 23.6. The van der Waals surface area contributed by atoms with Crippen molar-refractivity contribution in [2.75, 3.05) is 26.3 Å². The van der Waals surface area contributed by atoms with Gasteiger partial charge in [-0.15, -0.1) is 0 Å². The maximum absolute atomic E-state index is 11.4. The summed E-state index contributed by atoms with van der Waals surface area (Å²) in [6, 6.07) is 0. The van der Waals surface area contributed by atoms with Gasteiger partial charge in [0, 0.05) is 19.5 Å². The molecule has 1 N–H and O–H groups in total. The summed E-state index contributed by atoms with van der Waals surface area (Å²) in [5.41, 5.74) is 0.927. The van der Waals surface area contributed by atoms with E-state index in [1.54, 1.807) is 0 Å². The number of carboxylic acid groups (broad SMARTS) is 1. The van der Waals surface area contributed by atoms with E-state index in [2.05, 4.69) is 6.58 Å². The number of aliphatic carboxylic acids is 1. The molecule has 1 atom stereocenters. The average molecular weight is 227 g/mol. The SMILES string of the molecule is C=C(C)COCCN1CC(C(=O)O)CC1=O. The molecule has 0 aromatic heterocycles. The van der Waals surface area contributed by atoms with Gasteiger partial charge in [0.05, 0.1) is 19.1 Å². The molecule has 1 heterocycles. The van der Waals surface area contributed by atoms with Crippen LogP contribution in [-0.4, -0.2) is 48.2 Å². The second kappa shape index (κ2) is 5.65. The number of rotatable bonds is 6. The van der Waals surface area contributed by atoms with Crippen LogP contribution >= 0.6 is 0 Å². The van der Waals surface area contributed by atoms with Crippen molar-refractivity contribution in [2.24, 2.45) is 5.92 Å². The minimum Gasteiger partial charge on any atom is -0.481 e. The molecule has 1 unspecified atom stereocenters. The maximum Gasteiger partial charge on any atom is 0.308 e. The highest BCUT2D eigenvalue weighted by molar-refractivity contribution is 5.86. The van der Waals surface area contributed by atoms with Crippen LogP contribution in [0.2, 0.25) is 0 Å². The number of carboxylic acids is 1. The van der Waals surface area contributed by atoms with Crippen molar-refractivity contribution >= 4 is 11.9 Å². The molecular weight excluding hydrogens is 210 g/mol. The van der Waals surface area contributed by atoms with E-state index >= 15 is 0 Å². The van der Waals surface area contributed by atoms with Gasteiger partial charge in [-0.05, 0) is 6.92 Å². The third kappa shape index (κ3) is 3.66. The highest BCUT2D eigenvalue weighted by atomic mass is 16.5. The van der Waals surface area contributed by atoms with E-state index in [-0.39, 0.29) is 12.3 Å². The second-order valence-electron chi connectivity index (χ2n) is 4.09. The molecule has 0 spiro atoms. The zero-order chi connectivity index (χ0) is 12.1. The lowest BCUT2D eigenvalue weighted by Crippen LogP contribution is -2.30. The molecular formula is C11H17NO4. The highest BCUT2D eigenvalue weighted by Crippen LogP contribution is 2.17. The van der Waals surface area contributed by atoms with Crippen LogP contribution < -0.4 is 0 Å². The van der Waals surface area contributed by atoms with Crippen molar-refractivity contribution in [1.82, 2.24) is 4.90 Å². The van der Waals surface area contributed by atoms with Crippen molar-refractivity contribution in [3.05, 3.63) is 12.2 Å². The number of nitrogens with zero attached hydrogens (tertiary/aromatic N) is 1. The molecule has 0 bridgehead atoms. The molecule has 0 saturated carbocycles. The molecule has 0 aromatic carbocycles. The Bertz CT molecular complexity index is 300. The third-order valence-electron chi connectivity index (χ3n) is 2.42. The fraction of sp³-hybridized carbons (Fsp3) is 0.636. The van der Waals surface area contributed by atoms with Gasteiger partial charge in [-0.1, -0.05) is 12.2 Å². The van der Waals surface area contributed by atoms with Crippen molar-refractivity contribution in [3.63, 3.8) is 0 Å². The molecule has 16 heavy (non-hydrogen) atoms. The first kappa shape index (κ1) is 12.7. The van der Waals surface area contributed by atoms with Gasteiger partial charge in [-0.25, -0.2) is 0 Å². The summed E-state index contributed by atoms with van der Waals surface area (Å²) in [6.45, 7) is 7.20. The first-order valence-electron chi connectivity index (χ1n) is 5.23. The van der Waals surface area contributed by atoms with Crippen LogP contribution in [0.5, 0.6) is 0 Å². The van der Waals surface area contributed by atoms with Crippen molar-refractivity contribution in [3.8, 4) is 0 Å². The predicted octanol–water partition coefficient (Wildman–Crippen LogP) is 0.512. The number of carbonyl (C=O) groups excluding carboxylic acids is 1. The Hall–Kier alpha value is -1.36. The topological polar surface area (TPSA) is 66.8 Å². The Labute approximate surface area is 94.7 Å². The molecule has 0 radical (unpaired) electrons. The van der Waals surface area contributed by atoms with Gasteiger partial charge in [0.1, 0.15) is 0 Å². The predicted molar refractivity (Wildman–Crippen MR) is 58.0 cm³/mol. The van der Waals surface area contributed by atoms with E-state index in [9.17, 15) is 9.59 Å². The third-order valence-corrected chi connectivity index (χ3v) is 2.42. The molecule has 1 amide bonds. The Morgan fingerprint density at radius 1 is 1.69 bits per heavy atom. The van der Waals surface area contributed by atoms with E-state index in [1.807, 2.05) is 6.92 Å². The van der Waals surface area contributed by atoms with Crippen LogP contribution in [0, 0.1) is 5.92 Å². The molecule has 0 aromatic rings. The largest absolute Gasteiger partial charge is 0.481 e. The zero-order valence-electron chi connectivity index (χ0n) is 9.44. The lowest BCUT2D eigenvalue weighted by Gasteiger charge is -2.15. The molecule has 0 aliphatic carbocycles. The number of ether oxygens (including phenoxy) is 1. The van der Waals surface area contributed by atoms with Gasteiger partial charge in [-0.2, -0.15) is 0 Å². The normalized spacial score (nSPS) is 20.2. The maximum atomic E-state index is 11.4. The molecule has 90 valence electrons. The lowest BCUT2D eigenvalue weighted by atomic mass is 10.1. The van der Waals surface area contributed by atoms with Crippen LogP contribution in [0.4, 0.5) is 0 Å². The Morgan fingerprint density at radius 2 is 2.38 bits per heavy atom. The Balaban J connectivity index is 2.25. The fourth-order valence-electron chi connectivity index (χ4n) is 1.57. The van der Waals surface area contributed by atoms with Gasteiger partial charge in [-0.3, -0.25) is 9.59 Å². The van der Waals surface area contributed by atoms with Crippen LogP contribution in [0.1, 0.15) is 13.3 Å². The Morgan fingerprint density at radius 3 is 2.88 bits per heavy atom. The number of carbonyl (C=O) groups is 2. The molecule has 1 saturated heterocycles. The van der Waals surface area contributed by atoms with Gasteiger partial charge in [0.2, 0.25) is 5.91 Å². The van der Waals surface area contributed by atoms with Gasteiger partial charge in [0.15, 0.2) is 0 Å². The first-order chi connectivity index (χ1) is 7.50. The lowest BCUT2D eigenvalue weighted by molar-refractivity contribution is -0.141. The molecule has 1 aliphatic heterocycles. The highest BCUT2D eigenvalue weighted by Gasteiger charge is 2.33. The monoisotopic (exact) mass is 227 g/mol. The minimum atomic E-state index is -0.904. The summed E-state index contributed by atoms with van der Waals surface area (Å²) in [6.07, 6.45) is 0.107. The fourth-order valence-corrected chi connectivity index (χ4v) is 1.57. The Kier molecular flexibility index (Phi) is 4.49. The van der Waals surface area contributed by atoms with Gasteiger partial charge < -0.3 is 14.7 Å². The van der Waals surface area contributed by atoms with Crippen molar-refractivity contribution in [2.45, 2.75) is 13.3 Å². The van der Waals surface area contributed by atoms with Gasteiger partial charge >= 0.3 is 5.97 Å². The number of hydrogen-bond acceptors (Lipinski definition) is 3. The minimum absolute atomic E-state index is 0.105. The summed E-state index contributed by atoms with van der Waals surface area (Å²) >= 11 is 0. The van der Waals surface area contributed by atoms with Crippen LogP contribution in [0.15, 0.2) is 12.2 Å². The van der Waals surface area contributed by atoms with Crippen molar-refractivity contribution in [1.29, 1.82) is 0 Å². The smallest absolute Gasteiger partial charge is 0.308 e. The first-order valence-corrected chi connectivity index (χ1v) is 5.23. The zero-order valence-corrected chi connectivity index (χ0v) is 9.44. The van der Waals surface area contributed by atoms with E-state index in [0.717, 1.165) is 5.57 Å². The molecule has 1 rings (SSSR count). The van der Waals surface area contributed by atoms with Crippen LogP contribution in [0.3, 0.4) is 0 Å². The number of amides is 1. The van der Waals surface area contributed by atoms with Crippen molar-refractivity contribution < 1.29 is 19.4 Å². The summed E-state index contributed by atoms with van der Waals surface area (Å²) in [7, 11) is 0. The summed E-state index contributed by atoms with van der Waals surface area (Å²) < 4.78 is 5.26. The number of hydrogen-bond donors (Lipinski definition) is 1. The van der Waals surface area contributed by atoms with Crippen LogP contribution in [-0.2, 0) is 14.3 Å². The number of likely N-dealkylation sites (tertiary alicyclic amines) is 1. The van der Waals surface area contributed by atoms with Crippen LogP contribution in [0.25, 0.3) is 0 Å². The molecule has 5 nitrogen and oxygen atoms in total. The molecule has 1 fully saturated rings. The molecule has 5 heteroatoms. The average Bonchev–Trinajstić information content (AvgIpc) is 2.55. The standard InChI is InChI=1S/C11H17NO4/c1-8(2)7-16-4-3-12-6-9(11(14)15)5-10(12)13/h9H,1,3-7H2,2H3,(H,14,15). The molecule has 1 aliphatic rings. The van der Waals surface area contributed by atoms with E-state index in [0.29, 0.717) is 26.3 Å². The van der Waals surface area contributed by atoms with E-state index < -0.39 is 11.9 Å². The summed E-state index contributed by atoms with van der Waals surface area (Å²) in [5.74, 6) is -1.57.